The van der Waals surface area contributed by atoms with Gasteiger partial charge in [-0.1, -0.05) is 0 Å². The standard InChI is InChI=1S/C18H27N3O3/c1-20(2)12-17(22)21-9-5-18(6-10-21)11-16(14-24-18)23-13-15-3-7-19-8-4-15/h3-4,7-8,16H,5-6,9-14H2,1-2H3. The molecule has 0 bridgehead atoms. The fraction of sp³-hybridized carbons (Fsp3) is 0.667. The Morgan fingerprint density at radius 2 is 2.08 bits per heavy atom. The molecule has 1 amide bonds. The molecule has 1 aromatic heterocycles. The van der Waals surface area contributed by atoms with Crippen LogP contribution < -0.4 is 0 Å². The first-order chi connectivity index (χ1) is 11.6. The molecule has 0 radical (unpaired) electrons. The molecule has 2 fully saturated rings. The van der Waals surface area contributed by atoms with Gasteiger partial charge in [-0.3, -0.25) is 9.78 Å². The number of rotatable bonds is 5. The number of nitrogens with zero attached hydrogens (tertiary/aromatic N) is 3. The lowest BCUT2D eigenvalue weighted by molar-refractivity contribution is -0.136. The van der Waals surface area contributed by atoms with Crippen molar-refractivity contribution in [3.8, 4) is 0 Å². The van der Waals surface area contributed by atoms with Gasteiger partial charge >= 0.3 is 0 Å². The van der Waals surface area contributed by atoms with Gasteiger partial charge in [-0.2, -0.15) is 0 Å². The first kappa shape index (κ1) is 17.3. The fourth-order valence-electron chi connectivity index (χ4n) is 3.49. The third-order valence-electron chi connectivity index (χ3n) is 4.89. The molecule has 3 rings (SSSR count). The molecule has 0 aromatic carbocycles. The summed E-state index contributed by atoms with van der Waals surface area (Å²) >= 11 is 0. The molecule has 1 aromatic rings. The molecule has 0 aliphatic carbocycles. The number of piperidine rings is 1. The lowest BCUT2D eigenvalue weighted by Gasteiger charge is -2.39. The first-order valence-electron chi connectivity index (χ1n) is 8.63. The van der Waals surface area contributed by atoms with Crippen LogP contribution >= 0.6 is 0 Å². The monoisotopic (exact) mass is 333 g/mol. The Balaban J connectivity index is 1.45. The summed E-state index contributed by atoms with van der Waals surface area (Å²) in [4.78, 5) is 20.0. The lowest BCUT2D eigenvalue weighted by Crippen LogP contribution is -2.48. The van der Waals surface area contributed by atoms with E-state index >= 15 is 0 Å². The zero-order chi connectivity index (χ0) is 17.0. The molecule has 6 nitrogen and oxygen atoms in total. The van der Waals surface area contributed by atoms with Crippen LogP contribution in [0.25, 0.3) is 0 Å². The summed E-state index contributed by atoms with van der Waals surface area (Å²) in [6.07, 6.45) is 6.44. The van der Waals surface area contributed by atoms with Crippen LogP contribution in [-0.2, 0) is 20.9 Å². The predicted molar refractivity (Wildman–Crippen MR) is 90.5 cm³/mol. The molecule has 24 heavy (non-hydrogen) atoms. The van der Waals surface area contributed by atoms with Crippen molar-refractivity contribution in [2.45, 2.75) is 37.6 Å². The van der Waals surface area contributed by atoms with Crippen LogP contribution in [0.5, 0.6) is 0 Å². The van der Waals surface area contributed by atoms with Crippen LogP contribution in [0, 0.1) is 0 Å². The van der Waals surface area contributed by atoms with E-state index in [1.165, 1.54) is 0 Å². The second-order valence-corrected chi connectivity index (χ2v) is 7.11. The molecule has 2 saturated heterocycles. The highest BCUT2D eigenvalue weighted by atomic mass is 16.6. The molecule has 0 saturated carbocycles. The third kappa shape index (κ3) is 4.32. The molecule has 0 N–H and O–H groups in total. The van der Waals surface area contributed by atoms with Crippen molar-refractivity contribution in [2.24, 2.45) is 0 Å². The average molecular weight is 333 g/mol. The van der Waals surface area contributed by atoms with E-state index in [9.17, 15) is 4.79 Å². The van der Waals surface area contributed by atoms with E-state index in [1.807, 2.05) is 36.0 Å². The largest absolute Gasteiger partial charge is 0.372 e. The van der Waals surface area contributed by atoms with Gasteiger partial charge in [-0.15, -0.1) is 0 Å². The molecule has 6 heteroatoms. The quantitative estimate of drug-likeness (QED) is 0.813. The zero-order valence-electron chi connectivity index (χ0n) is 14.6. The molecule has 3 heterocycles. The minimum atomic E-state index is -0.0994. The van der Waals surface area contributed by atoms with E-state index in [1.54, 1.807) is 12.4 Å². The van der Waals surface area contributed by atoms with Crippen molar-refractivity contribution in [3.05, 3.63) is 30.1 Å². The van der Waals surface area contributed by atoms with Gasteiger partial charge in [0.15, 0.2) is 0 Å². The summed E-state index contributed by atoms with van der Waals surface area (Å²) in [6.45, 7) is 3.29. The van der Waals surface area contributed by atoms with Crippen LogP contribution in [0.3, 0.4) is 0 Å². The zero-order valence-corrected chi connectivity index (χ0v) is 14.6. The van der Waals surface area contributed by atoms with E-state index in [0.717, 1.165) is 37.9 Å². The Hall–Kier alpha value is -1.50. The summed E-state index contributed by atoms with van der Waals surface area (Å²) in [5.41, 5.74) is 1.03. The number of likely N-dealkylation sites (N-methyl/N-ethyl adjacent to an activating group) is 1. The Labute approximate surface area is 143 Å². The summed E-state index contributed by atoms with van der Waals surface area (Å²) in [6, 6.07) is 3.95. The minimum Gasteiger partial charge on any atom is -0.372 e. The van der Waals surface area contributed by atoms with Gasteiger partial charge < -0.3 is 19.3 Å². The molecule has 132 valence electrons. The Morgan fingerprint density at radius 3 is 2.75 bits per heavy atom. The summed E-state index contributed by atoms with van der Waals surface area (Å²) < 4.78 is 12.1. The fourth-order valence-corrected chi connectivity index (χ4v) is 3.49. The Kier molecular flexibility index (Phi) is 5.48. The van der Waals surface area contributed by atoms with Crippen LogP contribution in [0.4, 0.5) is 0 Å². The number of pyridine rings is 1. The van der Waals surface area contributed by atoms with Crippen LogP contribution in [0.2, 0.25) is 0 Å². The third-order valence-corrected chi connectivity index (χ3v) is 4.89. The highest BCUT2D eigenvalue weighted by Gasteiger charge is 2.43. The average Bonchev–Trinajstić information content (AvgIpc) is 2.97. The summed E-state index contributed by atoms with van der Waals surface area (Å²) in [7, 11) is 3.85. The van der Waals surface area contributed by atoms with Crippen LogP contribution in [0.1, 0.15) is 24.8 Å². The van der Waals surface area contributed by atoms with Gasteiger partial charge in [-0.05, 0) is 44.6 Å². The maximum Gasteiger partial charge on any atom is 0.236 e. The SMILES string of the molecule is CN(C)CC(=O)N1CCC2(CC1)CC(OCc1ccncc1)CO2. The van der Waals surface area contributed by atoms with E-state index in [2.05, 4.69) is 4.98 Å². The van der Waals surface area contributed by atoms with E-state index in [0.29, 0.717) is 19.8 Å². The highest BCUT2D eigenvalue weighted by molar-refractivity contribution is 5.78. The maximum absolute atomic E-state index is 12.1. The van der Waals surface area contributed by atoms with Crippen molar-refractivity contribution >= 4 is 5.91 Å². The number of hydrogen-bond acceptors (Lipinski definition) is 5. The highest BCUT2D eigenvalue weighted by Crippen LogP contribution is 2.37. The summed E-state index contributed by atoms with van der Waals surface area (Å²) in [5, 5.41) is 0. The topological polar surface area (TPSA) is 54.9 Å². The number of hydrogen-bond donors (Lipinski definition) is 0. The lowest BCUT2D eigenvalue weighted by atomic mass is 9.88. The number of aromatic nitrogens is 1. The maximum atomic E-state index is 12.1. The second kappa shape index (κ2) is 7.59. The van der Waals surface area contributed by atoms with E-state index in [4.69, 9.17) is 9.47 Å². The smallest absolute Gasteiger partial charge is 0.236 e. The van der Waals surface area contributed by atoms with Crippen LogP contribution in [-0.4, -0.2) is 72.7 Å². The number of carbonyl (C=O) groups excluding carboxylic acids is 1. The number of likely N-dealkylation sites (tertiary alicyclic amines) is 1. The Morgan fingerprint density at radius 1 is 1.38 bits per heavy atom. The van der Waals surface area contributed by atoms with Gasteiger partial charge in [-0.25, -0.2) is 0 Å². The van der Waals surface area contributed by atoms with Crippen molar-refractivity contribution < 1.29 is 14.3 Å². The van der Waals surface area contributed by atoms with E-state index < -0.39 is 0 Å². The van der Waals surface area contributed by atoms with E-state index in [-0.39, 0.29) is 17.6 Å². The van der Waals surface area contributed by atoms with Crippen molar-refractivity contribution in [1.29, 1.82) is 0 Å². The molecule has 1 unspecified atom stereocenters. The molecule has 1 spiro atoms. The second-order valence-electron chi connectivity index (χ2n) is 7.11. The molecule has 2 aliphatic heterocycles. The van der Waals surface area contributed by atoms with Crippen molar-refractivity contribution in [3.63, 3.8) is 0 Å². The molecular formula is C18H27N3O3. The Bertz CT molecular complexity index is 542. The van der Waals surface area contributed by atoms with Gasteiger partial charge in [0.1, 0.15) is 0 Å². The number of carbonyl (C=O) groups is 1. The molecular weight excluding hydrogens is 306 g/mol. The summed E-state index contributed by atoms with van der Waals surface area (Å²) in [5.74, 6) is 0.207. The number of ether oxygens (including phenoxy) is 2. The van der Waals surface area contributed by atoms with Gasteiger partial charge in [0.05, 0.1) is 31.5 Å². The normalized spacial score (nSPS) is 23.1. The van der Waals surface area contributed by atoms with Gasteiger partial charge in [0.2, 0.25) is 5.91 Å². The van der Waals surface area contributed by atoms with Gasteiger partial charge in [0.25, 0.3) is 0 Å². The first-order valence-corrected chi connectivity index (χ1v) is 8.63. The van der Waals surface area contributed by atoms with Gasteiger partial charge in [0, 0.05) is 31.9 Å². The minimum absolute atomic E-state index is 0.0994. The van der Waals surface area contributed by atoms with Crippen LogP contribution in [0.15, 0.2) is 24.5 Å². The number of amides is 1. The van der Waals surface area contributed by atoms with Crippen molar-refractivity contribution in [1.82, 2.24) is 14.8 Å². The molecule has 2 aliphatic rings. The van der Waals surface area contributed by atoms with Crippen molar-refractivity contribution in [2.75, 3.05) is 40.3 Å². The predicted octanol–water partition coefficient (Wildman–Crippen LogP) is 1.31. The molecule has 1 atom stereocenters.